The van der Waals surface area contributed by atoms with Gasteiger partial charge in [0, 0.05) is 28.3 Å². The topological polar surface area (TPSA) is 30.9 Å². The molecule has 3 atom stereocenters. The lowest BCUT2D eigenvalue weighted by atomic mass is 9.65. The third kappa shape index (κ3) is 4.23. The summed E-state index contributed by atoms with van der Waals surface area (Å²) < 4.78 is 2.55. The molecule has 2 N–H and O–H groups in total. The monoisotopic (exact) mass is 618 g/mol. The Kier molecular flexibility index (Phi) is 6.81. The molecule has 1 aromatic heterocycles. The number of rotatable bonds is 6. The summed E-state index contributed by atoms with van der Waals surface area (Å²) in [7, 11) is 0. The Morgan fingerprint density at radius 2 is 1.29 bits per heavy atom. The normalized spacial score (nSPS) is 18.1. The average Bonchev–Trinajstić information content (AvgIpc) is 3.64. The second-order valence-electron chi connectivity index (χ2n) is 13.5. The Hall–Kier alpha value is -5.44. The molecule has 1 heterocycles. The molecule has 2 aliphatic carbocycles. The first-order valence-corrected chi connectivity index (χ1v) is 17.1. The van der Waals surface area contributed by atoms with E-state index in [0.717, 1.165) is 12.0 Å². The second kappa shape index (κ2) is 11.4. The van der Waals surface area contributed by atoms with E-state index in [4.69, 9.17) is 5.73 Å². The quantitative estimate of drug-likeness (QED) is 0.199. The van der Waals surface area contributed by atoms with Crippen LogP contribution in [0.4, 0.5) is 0 Å². The zero-order valence-electron chi connectivity index (χ0n) is 27.1. The van der Waals surface area contributed by atoms with Crippen LogP contribution >= 0.6 is 0 Å². The Morgan fingerprint density at radius 3 is 2.02 bits per heavy atom. The van der Waals surface area contributed by atoms with Gasteiger partial charge in [0.2, 0.25) is 0 Å². The minimum atomic E-state index is -0.458. The summed E-state index contributed by atoms with van der Waals surface area (Å²) in [5.41, 5.74) is 18.0. The van der Waals surface area contributed by atoms with Crippen LogP contribution < -0.4 is 16.3 Å². The van der Waals surface area contributed by atoms with Gasteiger partial charge in [-0.1, -0.05) is 159 Å². The van der Waals surface area contributed by atoms with E-state index in [1.807, 2.05) is 6.07 Å². The van der Waals surface area contributed by atoms with Gasteiger partial charge in [-0.05, 0) is 69.5 Å². The number of nitrogens with two attached hydrogens (primary N) is 1. The first-order chi connectivity index (χ1) is 23.7. The van der Waals surface area contributed by atoms with Gasteiger partial charge in [-0.2, -0.15) is 0 Å². The minimum absolute atomic E-state index is 0.0714. The Morgan fingerprint density at radius 1 is 0.667 bits per heavy atom. The van der Waals surface area contributed by atoms with E-state index >= 15 is 0 Å². The highest BCUT2D eigenvalue weighted by molar-refractivity contribution is 5.91. The van der Waals surface area contributed by atoms with Crippen molar-refractivity contribution in [2.24, 2.45) is 11.7 Å². The Labute approximate surface area is 282 Å². The molecular weight excluding hydrogens is 581 g/mol. The van der Waals surface area contributed by atoms with E-state index in [1.165, 1.54) is 60.5 Å². The van der Waals surface area contributed by atoms with Crippen LogP contribution in [0.25, 0.3) is 28.2 Å². The van der Waals surface area contributed by atoms with Crippen molar-refractivity contribution in [3.8, 4) is 5.69 Å². The highest BCUT2D eigenvalue weighted by Crippen LogP contribution is 2.60. The molecule has 0 aliphatic heterocycles. The molecule has 0 bridgehead atoms. The van der Waals surface area contributed by atoms with Crippen LogP contribution in [-0.2, 0) is 11.8 Å². The van der Waals surface area contributed by atoms with Crippen molar-refractivity contribution < 1.29 is 0 Å². The largest absolute Gasteiger partial charge is 0.324 e. The smallest absolute Gasteiger partial charge is 0.0693 e. The van der Waals surface area contributed by atoms with Crippen LogP contribution in [0.15, 0.2) is 164 Å². The number of nitrogens with zero attached hydrogens (tertiary/aromatic N) is 1. The van der Waals surface area contributed by atoms with Crippen molar-refractivity contribution in [3.63, 3.8) is 0 Å². The summed E-state index contributed by atoms with van der Waals surface area (Å²) >= 11 is 0. The lowest BCUT2D eigenvalue weighted by molar-refractivity contribution is 0.660. The van der Waals surface area contributed by atoms with E-state index in [1.54, 1.807) is 0 Å². The fourth-order valence-electron chi connectivity index (χ4n) is 8.90. The molecule has 0 saturated heterocycles. The van der Waals surface area contributed by atoms with Crippen LogP contribution in [-0.4, -0.2) is 4.57 Å². The molecule has 0 radical (unpaired) electrons. The van der Waals surface area contributed by atoms with Crippen LogP contribution in [0.1, 0.15) is 52.3 Å². The van der Waals surface area contributed by atoms with Gasteiger partial charge in [0.15, 0.2) is 0 Å². The van der Waals surface area contributed by atoms with Gasteiger partial charge in [0.05, 0.1) is 16.3 Å². The molecule has 48 heavy (non-hydrogen) atoms. The van der Waals surface area contributed by atoms with Crippen LogP contribution in [0.3, 0.4) is 0 Å². The highest BCUT2D eigenvalue weighted by atomic mass is 15.0. The summed E-state index contributed by atoms with van der Waals surface area (Å²) in [4.78, 5) is 0. The van der Waals surface area contributed by atoms with Gasteiger partial charge in [-0.15, -0.1) is 0 Å². The van der Waals surface area contributed by atoms with Crippen molar-refractivity contribution in [3.05, 3.63) is 208 Å². The zero-order chi connectivity index (χ0) is 32.2. The van der Waals surface area contributed by atoms with Crippen molar-refractivity contribution in [2.75, 3.05) is 0 Å². The maximum absolute atomic E-state index is 6.78. The maximum Gasteiger partial charge on any atom is 0.0693 e. The Bertz CT molecular complexity index is 2360. The number of para-hydroxylation sites is 1. The summed E-state index contributed by atoms with van der Waals surface area (Å²) in [5, 5.41) is 3.94. The number of benzene rings is 6. The molecule has 0 saturated carbocycles. The second-order valence-corrected chi connectivity index (χ2v) is 13.5. The number of hydrogen-bond donors (Lipinski definition) is 1. The molecule has 2 heteroatoms. The molecular formula is C46H38N2. The average molecular weight is 619 g/mol. The van der Waals surface area contributed by atoms with Crippen LogP contribution in [0.5, 0.6) is 0 Å². The number of fused-ring (bicyclic) bond motifs is 6. The molecule has 232 valence electrons. The fourth-order valence-corrected chi connectivity index (χ4v) is 8.90. The first kappa shape index (κ1) is 28.8. The van der Waals surface area contributed by atoms with E-state index < -0.39 is 5.41 Å². The maximum atomic E-state index is 6.78. The van der Waals surface area contributed by atoms with Crippen molar-refractivity contribution in [1.29, 1.82) is 0 Å². The molecule has 0 spiro atoms. The summed E-state index contributed by atoms with van der Waals surface area (Å²) in [6.45, 7) is 2.41. The van der Waals surface area contributed by atoms with Gasteiger partial charge >= 0.3 is 0 Å². The first-order valence-electron chi connectivity index (χ1n) is 17.1. The zero-order valence-corrected chi connectivity index (χ0v) is 27.1. The van der Waals surface area contributed by atoms with Gasteiger partial charge in [-0.3, -0.25) is 0 Å². The standard InChI is InChI=1S/C46H38N2/c1-31-28-39-37-24-12-14-27-42(37)48(36-23-15-16-32(29-36)30-41(47)33-17-5-2-6-18-33)45(39)44-43(31)38-25-11-13-26-40(38)46(44,34-19-7-3-8-20-34)35-21-9-4-10-22-35/h2-29,31,41,43H,30,47H2,1H3/t31?,41-,43?/m1/s1. The molecule has 2 aliphatic rings. The molecule has 6 aromatic carbocycles. The third-order valence-corrected chi connectivity index (χ3v) is 10.8. The molecule has 7 aromatic rings. The fraction of sp³-hybridized carbons (Fsp3) is 0.130. The van der Waals surface area contributed by atoms with E-state index in [2.05, 4.69) is 175 Å². The number of aromatic nitrogens is 1. The van der Waals surface area contributed by atoms with E-state index in [-0.39, 0.29) is 12.0 Å². The van der Waals surface area contributed by atoms with Gasteiger partial charge < -0.3 is 10.3 Å². The predicted molar refractivity (Wildman–Crippen MR) is 199 cm³/mol. The molecule has 0 amide bonds. The van der Waals surface area contributed by atoms with E-state index in [9.17, 15) is 0 Å². The van der Waals surface area contributed by atoms with Crippen molar-refractivity contribution in [1.82, 2.24) is 4.57 Å². The highest BCUT2D eigenvalue weighted by Gasteiger charge is 2.53. The third-order valence-electron chi connectivity index (χ3n) is 10.8. The van der Waals surface area contributed by atoms with E-state index in [0.29, 0.717) is 5.92 Å². The minimum Gasteiger partial charge on any atom is -0.324 e. The van der Waals surface area contributed by atoms with Gasteiger partial charge in [0.25, 0.3) is 0 Å². The van der Waals surface area contributed by atoms with Crippen LogP contribution in [0.2, 0.25) is 0 Å². The molecule has 2 unspecified atom stereocenters. The van der Waals surface area contributed by atoms with Crippen LogP contribution in [0, 0.1) is 5.92 Å². The Balaban J connectivity index is 1.41. The van der Waals surface area contributed by atoms with Gasteiger partial charge in [-0.25, -0.2) is 0 Å². The van der Waals surface area contributed by atoms with Gasteiger partial charge in [0.1, 0.15) is 0 Å². The lowest BCUT2D eigenvalue weighted by Crippen LogP contribution is -2.43. The lowest BCUT2D eigenvalue weighted by Gasteiger charge is -2.37. The van der Waals surface area contributed by atoms with Crippen molar-refractivity contribution >= 4 is 22.6 Å². The summed E-state index contributed by atoms with van der Waals surface area (Å²) in [5.74, 6) is 0.546. The summed E-state index contributed by atoms with van der Waals surface area (Å²) in [6, 6.07) is 60.0. The summed E-state index contributed by atoms with van der Waals surface area (Å²) in [6.07, 6.45) is 3.31. The molecule has 9 rings (SSSR count). The molecule has 0 fully saturated rings. The molecule has 2 nitrogen and oxygen atoms in total. The SMILES string of the molecule is CC1C=c2c(n(-c3cccc(C[C@@H](N)c4ccccc4)c3)c3ccccc23)=C2C1c1ccccc1C2(c1ccccc1)c1ccccc1. The van der Waals surface area contributed by atoms with Crippen molar-refractivity contribution in [2.45, 2.75) is 30.7 Å². The predicted octanol–water partition coefficient (Wildman–Crippen LogP) is 8.59. The number of hydrogen-bond acceptors (Lipinski definition) is 1.